The van der Waals surface area contributed by atoms with Crippen LogP contribution in [0.25, 0.3) is 11.2 Å². The number of carbonyl (C=O) groups excluding carboxylic acids is 1. The van der Waals surface area contributed by atoms with Crippen LogP contribution >= 0.6 is 0 Å². The number of aromatic nitrogens is 5. The van der Waals surface area contributed by atoms with Crippen LogP contribution in [0, 0.1) is 13.8 Å². The van der Waals surface area contributed by atoms with Crippen LogP contribution in [0.2, 0.25) is 0 Å². The number of hydrogen-bond donors (Lipinski definition) is 1. The maximum Gasteiger partial charge on any atom is 0.332 e. The fraction of sp³-hybridized carbons (Fsp3) is 0.421. The SMILES string of the molecule is CCCCn1c(=O)n(C)c(=O)c2c1nnn2CC(=O)Nc1ccc(C)c(C)c1. The van der Waals surface area contributed by atoms with Gasteiger partial charge < -0.3 is 5.32 Å². The van der Waals surface area contributed by atoms with Crippen molar-refractivity contribution in [2.75, 3.05) is 5.32 Å². The zero-order valence-electron chi connectivity index (χ0n) is 16.5. The number of hydrogen-bond acceptors (Lipinski definition) is 5. The Hall–Kier alpha value is -3.23. The highest BCUT2D eigenvalue weighted by Gasteiger charge is 2.19. The summed E-state index contributed by atoms with van der Waals surface area (Å²) in [5, 5.41) is 10.8. The average Bonchev–Trinajstić information content (AvgIpc) is 3.06. The van der Waals surface area contributed by atoms with Crippen LogP contribution in [0.4, 0.5) is 5.69 Å². The van der Waals surface area contributed by atoms with Gasteiger partial charge in [-0.15, -0.1) is 5.10 Å². The van der Waals surface area contributed by atoms with Crippen molar-refractivity contribution in [1.82, 2.24) is 24.1 Å². The Labute approximate surface area is 161 Å². The lowest BCUT2D eigenvalue weighted by molar-refractivity contribution is -0.116. The predicted molar refractivity (Wildman–Crippen MR) is 106 cm³/mol. The molecule has 28 heavy (non-hydrogen) atoms. The first-order chi connectivity index (χ1) is 13.3. The molecule has 2 aromatic heterocycles. The lowest BCUT2D eigenvalue weighted by Crippen LogP contribution is -2.39. The van der Waals surface area contributed by atoms with E-state index in [0.29, 0.717) is 12.2 Å². The van der Waals surface area contributed by atoms with Crippen molar-refractivity contribution in [3.05, 3.63) is 50.2 Å². The Morgan fingerprint density at radius 3 is 2.61 bits per heavy atom. The summed E-state index contributed by atoms with van der Waals surface area (Å²) in [5.41, 5.74) is 2.28. The second-order valence-corrected chi connectivity index (χ2v) is 6.92. The van der Waals surface area contributed by atoms with Gasteiger partial charge in [0, 0.05) is 19.3 Å². The third-order valence-corrected chi connectivity index (χ3v) is 4.82. The first-order valence-electron chi connectivity index (χ1n) is 9.23. The van der Waals surface area contributed by atoms with Gasteiger partial charge in [-0.2, -0.15) is 0 Å². The van der Waals surface area contributed by atoms with Crippen LogP contribution in [0.3, 0.4) is 0 Å². The van der Waals surface area contributed by atoms with Gasteiger partial charge in [-0.1, -0.05) is 24.6 Å². The van der Waals surface area contributed by atoms with Crippen molar-refractivity contribution in [2.45, 2.75) is 46.7 Å². The number of fused-ring (bicyclic) bond motifs is 1. The molecule has 0 aliphatic rings. The number of carbonyl (C=O) groups is 1. The number of anilines is 1. The summed E-state index contributed by atoms with van der Waals surface area (Å²) in [7, 11) is 1.42. The summed E-state index contributed by atoms with van der Waals surface area (Å²) in [4.78, 5) is 37.5. The summed E-state index contributed by atoms with van der Waals surface area (Å²) in [5.74, 6) is -0.330. The van der Waals surface area contributed by atoms with E-state index in [-0.39, 0.29) is 23.6 Å². The van der Waals surface area contributed by atoms with Crippen molar-refractivity contribution >= 4 is 22.8 Å². The van der Waals surface area contributed by atoms with E-state index in [0.717, 1.165) is 28.5 Å². The molecule has 0 fully saturated rings. The Kier molecular flexibility index (Phi) is 5.43. The number of rotatable bonds is 6. The first-order valence-corrected chi connectivity index (χ1v) is 9.23. The van der Waals surface area contributed by atoms with Crippen LogP contribution in [-0.4, -0.2) is 30.0 Å². The summed E-state index contributed by atoms with van der Waals surface area (Å²) in [6, 6.07) is 5.63. The molecule has 0 aliphatic heterocycles. The fourth-order valence-electron chi connectivity index (χ4n) is 2.99. The summed E-state index contributed by atoms with van der Waals surface area (Å²) in [6.07, 6.45) is 1.66. The van der Waals surface area contributed by atoms with Gasteiger partial charge in [0.25, 0.3) is 5.56 Å². The van der Waals surface area contributed by atoms with Gasteiger partial charge in [0.1, 0.15) is 6.54 Å². The van der Waals surface area contributed by atoms with E-state index in [1.54, 1.807) is 0 Å². The number of unbranched alkanes of at least 4 members (excludes halogenated alkanes) is 1. The van der Waals surface area contributed by atoms with Crippen LogP contribution in [0.5, 0.6) is 0 Å². The largest absolute Gasteiger partial charge is 0.332 e. The molecule has 0 radical (unpaired) electrons. The number of nitrogens with one attached hydrogen (secondary N) is 1. The maximum absolute atomic E-state index is 12.6. The molecule has 0 spiro atoms. The Morgan fingerprint density at radius 1 is 1.18 bits per heavy atom. The summed E-state index contributed by atoms with van der Waals surface area (Å²) >= 11 is 0. The van der Waals surface area contributed by atoms with E-state index in [4.69, 9.17) is 0 Å². The van der Waals surface area contributed by atoms with Gasteiger partial charge in [0.2, 0.25) is 5.91 Å². The minimum absolute atomic E-state index is 0.147. The van der Waals surface area contributed by atoms with E-state index in [1.807, 2.05) is 39.0 Å². The van der Waals surface area contributed by atoms with Gasteiger partial charge in [-0.05, 0) is 43.5 Å². The van der Waals surface area contributed by atoms with Crippen molar-refractivity contribution in [3.8, 4) is 0 Å². The third kappa shape index (κ3) is 3.60. The molecule has 1 amide bonds. The number of nitrogens with zero attached hydrogens (tertiary/aromatic N) is 5. The lowest BCUT2D eigenvalue weighted by Gasteiger charge is -2.09. The minimum Gasteiger partial charge on any atom is -0.324 e. The van der Waals surface area contributed by atoms with Crippen LogP contribution < -0.4 is 16.6 Å². The van der Waals surface area contributed by atoms with Gasteiger partial charge in [0.15, 0.2) is 11.2 Å². The molecule has 2 heterocycles. The second-order valence-electron chi connectivity index (χ2n) is 6.92. The second kappa shape index (κ2) is 7.79. The van der Waals surface area contributed by atoms with Crippen molar-refractivity contribution in [2.24, 2.45) is 7.05 Å². The quantitative estimate of drug-likeness (QED) is 0.691. The molecule has 0 aliphatic carbocycles. The monoisotopic (exact) mass is 384 g/mol. The van der Waals surface area contributed by atoms with Gasteiger partial charge in [0.05, 0.1) is 0 Å². The summed E-state index contributed by atoms with van der Waals surface area (Å²) in [6.45, 7) is 6.24. The van der Waals surface area contributed by atoms with Crippen LogP contribution in [-0.2, 0) is 24.9 Å². The zero-order chi connectivity index (χ0) is 20.4. The molecule has 0 unspecified atom stereocenters. The molecule has 0 atom stereocenters. The smallest absolute Gasteiger partial charge is 0.324 e. The molecule has 1 aromatic carbocycles. The molecular weight excluding hydrogens is 360 g/mol. The number of benzene rings is 1. The van der Waals surface area contributed by atoms with Gasteiger partial charge in [-0.25, -0.2) is 9.48 Å². The number of amides is 1. The lowest BCUT2D eigenvalue weighted by atomic mass is 10.1. The molecule has 0 bridgehead atoms. The van der Waals surface area contributed by atoms with Gasteiger partial charge in [-0.3, -0.25) is 18.7 Å². The van der Waals surface area contributed by atoms with E-state index < -0.39 is 11.2 Å². The predicted octanol–water partition coefficient (Wildman–Crippen LogP) is 1.35. The topological polar surface area (TPSA) is 104 Å². The third-order valence-electron chi connectivity index (χ3n) is 4.82. The maximum atomic E-state index is 12.6. The van der Waals surface area contributed by atoms with E-state index in [9.17, 15) is 14.4 Å². The molecule has 3 aromatic rings. The highest BCUT2D eigenvalue weighted by atomic mass is 16.2. The van der Waals surface area contributed by atoms with E-state index >= 15 is 0 Å². The fourth-order valence-corrected chi connectivity index (χ4v) is 2.99. The number of aryl methyl sites for hydroxylation is 3. The highest BCUT2D eigenvalue weighted by Crippen LogP contribution is 2.14. The first kappa shape index (κ1) is 19.5. The Balaban J connectivity index is 1.94. The van der Waals surface area contributed by atoms with Crippen LogP contribution in [0.1, 0.15) is 30.9 Å². The summed E-state index contributed by atoms with van der Waals surface area (Å²) < 4.78 is 3.71. The van der Waals surface area contributed by atoms with Crippen molar-refractivity contribution in [3.63, 3.8) is 0 Å². The molecule has 0 saturated carbocycles. The molecule has 9 heteroatoms. The molecule has 148 valence electrons. The van der Waals surface area contributed by atoms with Gasteiger partial charge >= 0.3 is 5.69 Å². The normalized spacial score (nSPS) is 11.1. The Morgan fingerprint density at radius 2 is 1.93 bits per heavy atom. The molecule has 9 nitrogen and oxygen atoms in total. The molecule has 1 N–H and O–H groups in total. The Bertz CT molecular complexity index is 1150. The van der Waals surface area contributed by atoms with Crippen molar-refractivity contribution < 1.29 is 4.79 Å². The molecule has 0 saturated heterocycles. The highest BCUT2D eigenvalue weighted by molar-refractivity contribution is 5.91. The molecule has 3 rings (SSSR count). The van der Waals surface area contributed by atoms with E-state index in [2.05, 4.69) is 15.6 Å². The minimum atomic E-state index is -0.517. The zero-order valence-corrected chi connectivity index (χ0v) is 16.5. The standard InChI is InChI=1S/C19H24N6O3/c1-5-6-9-24-17-16(18(27)23(4)19(24)28)25(22-21-17)11-15(26)20-14-8-7-12(2)13(3)10-14/h7-8,10H,5-6,9,11H2,1-4H3,(H,20,26). The van der Waals surface area contributed by atoms with E-state index in [1.165, 1.54) is 16.3 Å². The van der Waals surface area contributed by atoms with Crippen molar-refractivity contribution in [1.29, 1.82) is 0 Å². The van der Waals surface area contributed by atoms with Crippen LogP contribution in [0.15, 0.2) is 27.8 Å². The molecular formula is C19H24N6O3. The average molecular weight is 384 g/mol.